The molecule has 0 aliphatic carbocycles. The second kappa shape index (κ2) is 9.29. The highest BCUT2D eigenvalue weighted by molar-refractivity contribution is 7.89. The number of alkyl halides is 3. The van der Waals surface area contributed by atoms with Gasteiger partial charge in [-0.15, -0.1) is 0 Å². The van der Waals surface area contributed by atoms with Gasteiger partial charge in [0.2, 0.25) is 15.9 Å². The molecule has 6 nitrogen and oxygen atoms in total. The smallest absolute Gasteiger partial charge is 0.418 e. The highest BCUT2D eigenvalue weighted by Gasteiger charge is 2.37. The molecule has 32 heavy (non-hydrogen) atoms. The maximum absolute atomic E-state index is 13.3. The molecule has 1 heterocycles. The van der Waals surface area contributed by atoms with Gasteiger partial charge in [-0.3, -0.25) is 4.79 Å². The Morgan fingerprint density at radius 3 is 2.56 bits per heavy atom. The number of amides is 1. The van der Waals surface area contributed by atoms with E-state index in [1.165, 1.54) is 29.6 Å². The summed E-state index contributed by atoms with van der Waals surface area (Å²) in [5.41, 5.74) is -0.840. The molecule has 11 heteroatoms. The van der Waals surface area contributed by atoms with Crippen LogP contribution < -0.4 is 10.1 Å². The molecule has 1 fully saturated rings. The first kappa shape index (κ1) is 24.3. The highest BCUT2D eigenvalue weighted by atomic mass is 35.5. The zero-order valence-electron chi connectivity index (χ0n) is 17.4. The standard InChI is InChI=1S/C21H22ClF3N2O4S/c1-13-10-16(6-8-19(13)31-2)32(29,30)27-9-3-4-14(12-27)20(28)26-18-7-5-15(22)11-17(18)21(23,24)25/h5-8,10-11,14H,3-4,9,12H2,1-2H3,(H,26,28)/t14-/m1/s1. The van der Waals surface area contributed by atoms with Gasteiger partial charge in [0.15, 0.2) is 0 Å². The zero-order chi connectivity index (χ0) is 23.7. The molecule has 0 spiro atoms. The number of hydrogen-bond donors (Lipinski definition) is 1. The Kier molecular flexibility index (Phi) is 7.06. The van der Waals surface area contributed by atoms with E-state index in [-0.39, 0.29) is 23.0 Å². The summed E-state index contributed by atoms with van der Waals surface area (Å²) in [5.74, 6) is -0.929. The number of methoxy groups -OCH3 is 1. The average Bonchev–Trinajstić information content (AvgIpc) is 2.74. The Morgan fingerprint density at radius 1 is 1.22 bits per heavy atom. The number of halogens is 4. The Bertz CT molecular complexity index is 1120. The number of sulfonamides is 1. The van der Waals surface area contributed by atoms with E-state index in [1.807, 2.05) is 0 Å². The molecule has 1 atom stereocenters. The van der Waals surface area contributed by atoms with E-state index in [1.54, 1.807) is 13.0 Å². The first-order valence-electron chi connectivity index (χ1n) is 9.76. The van der Waals surface area contributed by atoms with Crippen LogP contribution in [0.15, 0.2) is 41.3 Å². The van der Waals surface area contributed by atoms with Crippen LogP contribution >= 0.6 is 11.6 Å². The summed E-state index contributed by atoms with van der Waals surface area (Å²) in [6.07, 6.45) is -3.95. The number of carbonyl (C=O) groups excluding carboxylic acids is 1. The maximum atomic E-state index is 13.3. The zero-order valence-corrected chi connectivity index (χ0v) is 18.9. The van der Waals surface area contributed by atoms with Gasteiger partial charge in [-0.05, 0) is 61.7 Å². The second-order valence-corrected chi connectivity index (χ2v) is 9.88. The molecule has 0 radical (unpaired) electrons. The molecule has 2 aromatic carbocycles. The maximum Gasteiger partial charge on any atom is 0.418 e. The molecular formula is C21H22ClF3N2O4S. The highest BCUT2D eigenvalue weighted by Crippen LogP contribution is 2.37. The fraction of sp³-hybridized carbons (Fsp3) is 0.381. The summed E-state index contributed by atoms with van der Waals surface area (Å²) in [5, 5.41) is 2.18. The Morgan fingerprint density at radius 2 is 1.94 bits per heavy atom. The van der Waals surface area contributed by atoms with Crippen LogP contribution in [0.4, 0.5) is 18.9 Å². The molecule has 3 rings (SSSR count). The van der Waals surface area contributed by atoms with Gasteiger partial charge in [0.05, 0.1) is 29.2 Å². The average molecular weight is 491 g/mol. The lowest BCUT2D eigenvalue weighted by Crippen LogP contribution is -2.43. The lowest BCUT2D eigenvalue weighted by molar-refractivity contribution is -0.137. The molecule has 0 aromatic heterocycles. The molecule has 1 saturated heterocycles. The number of carbonyl (C=O) groups is 1. The van der Waals surface area contributed by atoms with E-state index >= 15 is 0 Å². The number of nitrogens with one attached hydrogen (secondary N) is 1. The quantitative estimate of drug-likeness (QED) is 0.658. The molecule has 1 amide bonds. The van der Waals surface area contributed by atoms with E-state index in [0.717, 1.165) is 12.1 Å². The molecule has 0 bridgehead atoms. The van der Waals surface area contributed by atoms with Crippen LogP contribution in [0.2, 0.25) is 5.02 Å². The predicted octanol–water partition coefficient (Wildman–Crippen LogP) is 4.72. The largest absolute Gasteiger partial charge is 0.496 e. The number of benzene rings is 2. The van der Waals surface area contributed by atoms with Crippen molar-refractivity contribution in [2.75, 3.05) is 25.5 Å². The first-order valence-corrected chi connectivity index (χ1v) is 11.6. The SMILES string of the molecule is COc1ccc(S(=O)(=O)N2CCC[C@@H](C(=O)Nc3ccc(Cl)cc3C(F)(F)F)C2)cc1C. The molecule has 0 saturated carbocycles. The number of ether oxygens (including phenoxy) is 1. The van der Waals surface area contributed by atoms with Gasteiger partial charge in [0.1, 0.15) is 5.75 Å². The number of nitrogens with zero attached hydrogens (tertiary/aromatic N) is 1. The minimum atomic E-state index is -4.71. The van der Waals surface area contributed by atoms with Gasteiger partial charge in [-0.25, -0.2) is 8.42 Å². The molecule has 2 aromatic rings. The van der Waals surface area contributed by atoms with Gasteiger partial charge in [-0.2, -0.15) is 17.5 Å². The molecular weight excluding hydrogens is 469 g/mol. The van der Waals surface area contributed by atoms with Crippen molar-refractivity contribution >= 4 is 33.2 Å². The van der Waals surface area contributed by atoms with Crippen LogP contribution in [0, 0.1) is 12.8 Å². The van der Waals surface area contributed by atoms with Gasteiger partial charge < -0.3 is 10.1 Å². The molecule has 1 aliphatic rings. The number of hydrogen-bond acceptors (Lipinski definition) is 4. The third-order valence-corrected chi connectivity index (χ3v) is 7.40. The lowest BCUT2D eigenvalue weighted by atomic mass is 9.98. The second-order valence-electron chi connectivity index (χ2n) is 7.51. The van der Waals surface area contributed by atoms with E-state index < -0.39 is 39.3 Å². The van der Waals surface area contributed by atoms with Crippen molar-refractivity contribution in [1.82, 2.24) is 4.31 Å². The van der Waals surface area contributed by atoms with Crippen molar-refractivity contribution < 1.29 is 31.1 Å². The minimum absolute atomic E-state index is 0.0638. The Balaban J connectivity index is 1.79. The fourth-order valence-electron chi connectivity index (χ4n) is 3.63. The summed E-state index contributed by atoms with van der Waals surface area (Å²) < 4.78 is 72.4. The topological polar surface area (TPSA) is 75.7 Å². The molecule has 0 unspecified atom stereocenters. The fourth-order valence-corrected chi connectivity index (χ4v) is 5.41. The lowest BCUT2D eigenvalue weighted by Gasteiger charge is -2.31. The van der Waals surface area contributed by atoms with Crippen LogP contribution in [-0.4, -0.2) is 38.8 Å². The van der Waals surface area contributed by atoms with Crippen molar-refractivity contribution in [3.63, 3.8) is 0 Å². The van der Waals surface area contributed by atoms with Crippen LogP contribution in [0.3, 0.4) is 0 Å². The summed E-state index contributed by atoms with van der Waals surface area (Å²) in [7, 11) is -2.40. The van der Waals surface area contributed by atoms with Gasteiger partial charge >= 0.3 is 6.18 Å². The van der Waals surface area contributed by atoms with E-state index in [9.17, 15) is 26.4 Å². The number of piperidine rings is 1. The number of rotatable bonds is 5. The monoisotopic (exact) mass is 490 g/mol. The van der Waals surface area contributed by atoms with Crippen LogP contribution in [0.25, 0.3) is 0 Å². The van der Waals surface area contributed by atoms with E-state index in [0.29, 0.717) is 24.2 Å². The molecule has 1 aliphatic heterocycles. The normalized spacial score (nSPS) is 17.8. The van der Waals surface area contributed by atoms with E-state index in [4.69, 9.17) is 16.3 Å². The van der Waals surface area contributed by atoms with Crippen molar-refractivity contribution in [2.45, 2.75) is 30.8 Å². The van der Waals surface area contributed by atoms with Crippen molar-refractivity contribution in [1.29, 1.82) is 0 Å². The van der Waals surface area contributed by atoms with Crippen LogP contribution in [0.1, 0.15) is 24.0 Å². The third-order valence-electron chi connectivity index (χ3n) is 5.30. The number of aryl methyl sites for hydroxylation is 1. The van der Waals surface area contributed by atoms with Gasteiger partial charge in [0.25, 0.3) is 0 Å². The number of anilines is 1. The van der Waals surface area contributed by atoms with Crippen molar-refractivity contribution in [3.05, 3.63) is 52.5 Å². The molecule has 174 valence electrons. The summed E-state index contributed by atoms with van der Waals surface area (Å²) in [6.45, 7) is 1.80. The van der Waals surface area contributed by atoms with Crippen molar-refractivity contribution in [2.24, 2.45) is 5.92 Å². The van der Waals surface area contributed by atoms with Gasteiger partial charge in [-0.1, -0.05) is 11.6 Å². The first-order chi connectivity index (χ1) is 14.9. The summed E-state index contributed by atoms with van der Waals surface area (Å²) in [4.78, 5) is 12.8. The molecule has 1 N–H and O–H groups in total. The van der Waals surface area contributed by atoms with Crippen molar-refractivity contribution in [3.8, 4) is 5.75 Å². The van der Waals surface area contributed by atoms with Crippen LogP contribution in [0.5, 0.6) is 5.75 Å². The van der Waals surface area contributed by atoms with E-state index in [2.05, 4.69) is 5.32 Å². The van der Waals surface area contributed by atoms with Crippen LogP contribution in [-0.2, 0) is 21.0 Å². The summed E-state index contributed by atoms with van der Waals surface area (Å²) in [6, 6.07) is 7.53. The van der Waals surface area contributed by atoms with Gasteiger partial charge in [0, 0.05) is 18.1 Å². The third kappa shape index (κ3) is 5.19. The Hall–Kier alpha value is -2.30. The summed E-state index contributed by atoms with van der Waals surface area (Å²) >= 11 is 5.67. The predicted molar refractivity (Wildman–Crippen MR) is 114 cm³/mol. The minimum Gasteiger partial charge on any atom is -0.496 e. The Labute approximate surface area is 189 Å².